The molecule has 0 aromatic heterocycles. The van der Waals surface area contributed by atoms with Crippen molar-refractivity contribution in [3.63, 3.8) is 0 Å². The number of nitrogens with one attached hydrogen (secondary N) is 3. The molecule has 41 heavy (non-hydrogen) atoms. The number of carboxylic acid groups (broad SMARTS) is 1. The molecule has 3 rings (SSSR count). The number of phenolic OH excluding ortho intramolecular Hbond substituents is 2. The molecule has 4 unspecified atom stereocenters. The molecule has 0 fully saturated rings. The van der Waals surface area contributed by atoms with E-state index in [0.717, 1.165) is 11.1 Å². The Hall–Kier alpha value is -4.90. The first-order chi connectivity index (χ1) is 19.5. The van der Waals surface area contributed by atoms with Gasteiger partial charge in [0.05, 0.1) is 6.04 Å². The highest BCUT2D eigenvalue weighted by Crippen LogP contribution is 2.13. The molecule has 0 radical (unpaired) electrons. The number of amides is 3. The van der Waals surface area contributed by atoms with E-state index in [2.05, 4.69) is 16.0 Å². The van der Waals surface area contributed by atoms with E-state index in [1.807, 2.05) is 6.07 Å². The van der Waals surface area contributed by atoms with Crippen molar-refractivity contribution in [3.05, 3.63) is 95.6 Å². The highest BCUT2D eigenvalue weighted by atomic mass is 16.4. The Balaban J connectivity index is 1.66. The fraction of sp³-hybridized carbons (Fsp3) is 0.267. The predicted octanol–water partition coefficient (Wildman–Crippen LogP) is 1.01. The molecule has 0 aliphatic carbocycles. The van der Waals surface area contributed by atoms with Gasteiger partial charge in [0.1, 0.15) is 29.6 Å². The minimum Gasteiger partial charge on any atom is -0.508 e. The summed E-state index contributed by atoms with van der Waals surface area (Å²) in [6, 6.07) is 16.7. The first kappa shape index (κ1) is 30.6. The maximum Gasteiger partial charge on any atom is 0.326 e. The van der Waals surface area contributed by atoms with Crippen LogP contribution in [0, 0.1) is 0 Å². The average Bonchev–Trinajstić information content (AvgIpc) is 2.94. The van der Waals surface area contributed by atoms with Gasteiger partial charge in [-0.25, -0.2) is 4.79 Å². The van der Waals surface area contributed by atoms with Gasteiger partial charge in [-0.2, -0.15) is 0 Å². The number of carbonyl (C=O) groups excluding carboxylic acids is 3. The second-order valence-corrected chi connectivity index (χ2v) is 9.73. The van der Waals surface area contributed by atoms with Gasteiger partial charge in [-0.15, -0.1) is 0 Å². The Morgan fingerprint density at radius 3 is 1.63 bits per heavy atom. The summed E-state index contributed by atoms with van der Waals surface area (Å²) in [4.78, 5) is 50.8. The standard InChI is InChI=1S/C30H34N4O7/c1-18(27(37)34-26(30(40)41)17-21-9-13-23(36)14-10-21)32-29(39)25(16-19-5-3-2-4-6-19)33-28(38)24(31)15-20-7-11-22(35)12-8-20/h2-14,18,24-26,35-36H,15-17,31H2,1H3,(H,32,39)(H,33,38)(H,34,37)(H,40,41). The van der Waals surface area contributed by atoms with Crippen molar-refractivity contribution in [1.29, 1.82) is 0 Å². The van der Waals surface area contributed by atoms with E-state index in [9.17, 15) is 34.5 Å². The van der Waals surface area contributed by atoms with Gasteiger partial charge in [0.2, 0.25) is 17.7 Å². The number of aromatic hydroxyl groups is 2. The van der Waals surface area contributed by atoms with Crippen LogP contribution in [0.5, 0.6) is 11.5 Å². The summed E-state index contributed by atoms with van der Waals surface area (Å²) in [5, 5.41) is 36.1. The molecular formula is C30H34N4O7. The normalized spacial score (nSPS) is 13.7. The SMILES string of the molecule is CC(NC(=O)C(Cc1ccccc1)NC(=O)C(N)Cc1ccc(O)cc1)C(=O)NC(Cc1ccc(O)cc1)C(=O)O. The molecule has 3 aromatic carbocycles. The fourth-order valence-electron chi connectivity index (χ4n) is 4.06. The van der Waals surface area contributed by atoms with E-state index in [1.165, 1.54) is 31.2 Å². The number of carbonyl (C=O) groups is 4. The summed E-state index contributed by atoms with van der Waals surface area (Å²) in [5.41, 5.74) is 8.16. The smallest absolute Gasteiger partial charge is 0.326 e. The second-order valence-electron chi connectivity index (χ2n) is 9.73. The van der Waals surface area contributed by atoms with Gasteiger partial charge in [-0.3, -0.25) is 14.4 Å². The minimum absolute atomic E-state index is 0.0273. The van der Waals surface area contributed by atoms with Crippen molar-refractivity contribution in [2.24, 2.45) is 5.73 Å². The van der Waals surface area contributed by atoms with Crippen LogP contribution in [0.25, 0.3) is 0 Å². The molecule has 4 atom stereocenters. The maximum absolute atomic E-state index is 13.2. The van der Waals surface area contributed by atoms with Crippen LogP contribution in [0.15, 0.2) is 78.9 Å². The molecule has 8 N–H and O–H groups in total. The highest BCUT2D eigenvalue weighted by molar-refractivity contribution is 5.94. The van der Waals surface area contributed by atoms with Crippen molar-refractivity contribution < 1.29 is 34.5 Å². The second kappa shape index (κ2) is 14.5. The number of rotatable bonds is 13. The zero-order chi connectivity index (χ0) is 29.9. The summed E-state index contributed by atoms with van der Waals surface area (Å²) >= 11 is 0. The number of aliphatic carboxylic acids is 1. The van der Waals surface area contributed by atoms with E-state index in [0.29, 0.717) is 5.56 Å². The third kappa shape index (κ3) is 9.66. The number of phenols is 2. The highest BCUT2D eigenvalue weighted by Gasteiger charge is 2.29. The molecule has 0 aliphatic rings. The van der Waals surface area contributed by atoms with Crippen LogP contribution in [0.4, 0.5) is 0 Å². The third-order valence-corrected chi connectivity index (χ3v) is 6.39. The number of carboxylic acids is 1. The van der Waals surface area contributed by atoms with Gasteiger partial charge in [0.15, 0.2) is 0 Å². The summed E-state index contributed by atoms with van der Waals surface area (Å²) in [6.45, 7) is 1.41. The quantitative estimate of drug-likeness (QED) is 0.160. The summed E-state index contributed by atoms with van der Waals surface area (Å²) in [7, 11) is 0. The lowest BCUT2D eigenvalue weighted by atomic mass is 10.0. The largest absolute Gasteiger partial charge is 0.508 e. The van der Waals surface area contributed by atoms with Crippen LogP contribution < -0.4 is 21.7 Å². The zero-order valence-corrected chi connectivity index (χ0v) is 22.5. The molecule has 0 heterocycles. The number of hydrogen-bond acceptors (Lipinski definition) is 7. The summed E-state index contributed by atoms with van der Waals surface area (Å²) < 4.78 is 0. The molecule has 0 saturated heterocycles. The minimum atomic E-state index is -1.27. The van der Waals surface area contributed by atoms with E-state index < -0.39 is 47.9 Å². The molecule has 0 bridgehead atoms. The Labute approximate surface area is 237 Å². The molecule has 11 nitrogen and oxygen atoms in total. The van der Waals surface area contributed by atoms with Gasteiger partial charge in [0, 0.05) is 12.8 Å². The van der Waals surface area contributed by atoms with Crippen LogP contribution in [0.1, 0.15) is 23.6 Å². The molecule has 3 amide bonds. The monoisotopic (exact) mass is 562 g/mol. The third-order valence-electron chi connectivity index (χ3n) is 6.39. The molecule has 3 aromatic rings. The first-order valence-electron chi connectivity index (χ1n) is 13.0. The lowest BCUT2D eigenvalue weighted by molar-refractivity contribution is -0.142. The lowest BCUT2D eigenvalue weighted by Crippen LogP contribution is -2.57. The van der Waals surface area contributed by atoms with E-state index in [1.54, 1.807) is 48.5 Å². The van der Waals surface area contributed by atoms with Gasteiger partial charge in [-0.05, 0) is 54.3 Å². The first-order valence-corrected chi connectivity index (χ1v) is 13.0. The average molecular weight is 563 g/mol. The lowest BCUT2D eigenvalue weighted by Gasteiger charge is -2.24. The predicted molar refractivity (Wildman–Crippen MR) is 151 cm³/mol. The van der Waals surface area contributed by atoms with Crippen LogP contribution in [-0.2, 0) is 38.4 Å². The Bertz CT molecular complexity index is 1330. The van der Waals surface area contributed by atoms with Gasteiger partial charge < -0.3 is 37.0 Å². The maximum atomic E-state index is 13.2. The number of benzene rings is 3. The van der Waals surface area contributed by atoms with Crippen LogP contribution in [-0.4, -0.2) is 63.2 Å². The Kier molecular flexibility index (Phi) is 10.8. The Morgan fingerprint density at radius 2 is 1.10 bits per heavy atom. The van der Waals surface area contributed by atoms with Gasteiger partial charge in [0.25, 0.3) is 0 Å². The molecular weight excluding hydrogens is 528 g/mol. The van der Waals surface area contributed by atoms with Crippen molar-refractivity contribution in [1.82, 2.24) is 16.0 Å². The van der Waals surface area contributed by atoms with Gasteiger partial charge >= 0.3 is 5.97 Å². The molecule has 0 spiro atoms. The van der Waals surface area contributed by atoms with Crippen molar-refractivity contribution in [2.75, 3.05) is 0 Å². The Morgan fingerprint density at radius 1 is 0.634 bits per heavy atom. The van der Waals surface area contributed by atoms with Crippen LogP contribution in [0.3, 0.4) is 0 Å². The van der Waals surface area contributed by atoms with E-state index in [-0.39, 0.29) is 30.8 Å². The van der Waals surface area contributed by atoms with Gasteiger partial charge in [-0.1, -0.05) is 54.6 Å². The van der Waals surface area contributed by atoms with Crippen molar-refractivity contribution in [3.8, 4) is 11.5 Å². The van der Waals surface area contributed by atoms with Crippen molar-refractivity contribution in [2.45, 2.75) is 50.4 Å². The molecule has 216 valence electrons. The summed E-state index contributed by atoms with van der Waals surface area (Å²) in [6.07, 6.45) is 0.257. The fourth-order valence-corrected chi connectivity index (χ4v) is 4.06. The van der Waals surface area contributed by atoms with Crippen LogP contribution >= 0.6 is 0 Å². The number of nitrogens with two attached hydrogens (primary N) is 1. The zero-order valence-electron chi connectivity index (χ0n) is 22.5. The van der Waals surface area contributed by atoms with E-state index >= 15 is 0 Å². The topological polar surface area (TPSA) is 191 Å². The van der Waals surface area contributed by atoms with Crippen LogP contribution in [0.2, 0.25) is 0 Å². The van der Waals surface area contributed by atoms with E-state index in [4.69, 9.17) is 5.73 Å². The van der Waals surface area contributed by atoms with Crippen molar-refractivity contribution >= 4 is 23.7 Å². The molecule has 11 heteroatoms. The molecule has 0 saturated carbocycles. The molecule has 0 aliphatic heterocycles. The number of hydrogen-bond donors (Lipinski definition) is 7. The summed E-state index contributed by atoms with van der Waals surface area (Å²) in [5.74, 6) is -3.10.